The summed E-state index contributed by atoms with van der Waals surface area (Å²) in [5.74, 6) is -0.945. The molecule has 0 bridgehead atoms. The normalized spacial score (nSPS) is 29.2. The summed E-state index contributed by atoms with van der Waals surface area (Å²) >= 11 is 0. The minimum atomic E-state index is -0.473. The maximum Gasteiger partial charge on any atom is 0.163 e. The Kier molecular flexibility index (Phi) is 3.09. The molecule has 2 saturated heterocycles. The van der Waals surface area contributed by atoms with Crippen LogP contribution in [0.2, 0.25) is 0 Å². The Labute approximate surface area is 96.5 Å². The molecule has 0 saturated carbocycles. The second kappa shape index (κ2) is 4.11. The summed E-state index contributed by atoms with van der Waals surface area (Å²) in [7, 11) is 0. The summed E-state index contributed by atoms with van der Waals surface area (Å²) < 4.78 is 22.4. The molecule has 2 aliphatic rings. The molecule has 0 atom stereocenters. The molecule has 4 nitrogen and oxygen atoms in total. The van der Waals surface area contributed by atoms with E-state index in [2.05, 4.69) is 0 Å². The fraction of sp³-hybridized carbons (Fsp3) is 0.833. The van der Waals surface area contributed by atoms with E-state index in [-0.39, 0.29) is 0 Å². The van der Waals surface area contributed by atoms with Gasteiger partial charge >= 0.3 is 0 Å². The Morgan fingerprint density at radius 2 is 0.875 bits per heavy atom. The van der Waals surface area contributed by atoms with Crippen LogP contribution in [0.15, 0.2) is 11.1 Å². The zero-order valence-corrected chi connectivity index (χ0v) is 10.5. The molecule has 0 radical (unpaired) electrons. The van der Waals surface area contributed by atoms with Crippen LogP contribution in [0.5, 0.6) is 0 Å². The second-order valence-electron chi connectivity index (χ2n) is 5.16. The largest absolute Gasteiger partial charge is 0.346 e. The van der Waals surface area contributed by atoms with Crippen molar-refractivity contribution < 1.29 is 18.9 Å². The van der Waals surface area contributed by atoms with Crippen molar-refractivity contribution in [3.05, 3.63) is 11.1 Å². The molecule has 0 amide bonds. The maximum absolute atomic E-state index is 5.59. The highest BCUT2D eigenvalue weighted by atomic mass is 16.7. The first-order chi connectivity index (χ1) is 7.38. The van der Waals surface area contributed by atoms with Gasteiger partial charge in [0.2, 0.25) is 0 Å². The van der Waals surface area contributed by atoms with Gasteiger partial charge in [0.1, 0.15) is 0 Å². The van der Waals surface area contributed by atoms with Gasteiger partial charge in [-0.2, -0.15) is 0 Å². The SMILES string of the molecule is CC1(C)OCC(=C2COC(C)(C)OC2)CO1. The minimum Gasteiger partial charge on any atom is -0.346 e. The van der Waals surface area contributed by atoms with Gasteiger partial charge in [-0.05, 0) is 38.8 Å². The van der Waals surface area contributed by atoms with Gasteiger partial charge in [0.15, 0.2) is 11.6 Å². The fourth-order valence-corrected chi connectivity index (χ4v) is 1.62. The maximum atomic E-state index is 5.59. The van der Waals surface area contributed by atoms with Gasteiger partial charge in [-0.1, -0.05) is 0 Å². The quantitative estimate of drug-likeness (QED) is 0.593. The summed E-state index contributed by atoms with van der Waals surface area (Å²) in [6.45, 7) is 10.1. The average molecular weight is 228 g/mol. The van der Waals surface area contributed by atoms with Crippen LogP contribution < -0.4 is 0 Å². The van der Waals surface area contributed by atoms with Crippen molar-refractivity contribution >= 4 is 0 Å². The van der Waals surface area contributed by atoms with E-state index in [1.54, 1.807) is 0 Å². The van der Waals surface area contributed by atoms with Gasteiger partial charge in [0.05, 0.1) is 26.4 Å². The lowest BCUT2D eigenvalue weighted by molar-refractivity contribution is -0.236. The molecule has 0 spiro atoms. The van der Waals surface area contributed by atoms with Crippen LogP contribution in [0, 0.1) is 0 Å². The van der Waals surface area contributed by atoms with Gasteiger partial charge in [-0.25, -0.2) is 0 Å². The average Bonchev–Trinajstić information content (AvgIpc) is 2.19. The molecule has 2 fully saturated rings. The molecule has 0 unspecified atom stereocenters. The monoisotopic (exact) mass is 228 g/mol. The lowest BCUT2D eigenvalue weighted by Gasteiger charge is -2.36. The zero-order chi connectivity index (χ0) is 11.8. The summed E-state index contributed by atoms with van der Waals surface area (Å²) in [6.07, 6.45) is 0. The Balaban J connectivity index is 1.98. The Morgan fingerprint density at radius 3 is 1.12 bits per heavy atom. The first-order valence-electron chi connectivity index (χ1n) is 5.64. The van der Waals surface area contributed by atoms with Gasteiger partial charge in [-0.3, -0.25) is 0 Å². The van der Waals surface area contributed by atoms with Crippen molar-refractivity contribution in [2.24, 2.45) is 0 Å². The highest BCUT2D eigenvalue weighted by molar-refractivity contribution is 5.19. The molecule has 2 rings (SSSR count). The van der Waals surface area contributed by atoms with Crippen LogP contribution in [-0.2, 0) is 18.9 Å². The lowest BCUT2D eigenvalue weighted by atomic mass is 10.1. The summed E-state index contributed by atoms with van der Waals surface area (Å²) in [5.41, 5.74) is 2.30. The third-order valence-corrected chi connectivity index (χ3v) is 2.88. The van der Waals surface area contributed by atoms with E-state index < -0.39 is 11.6 Å². The number of hydrogen-bond acceptors (Lipinski definition) is 4. The van der Waals surface area contributed by atoms with Crippen LogP contribution in [0.3, 0.4) is 0 Å². The molecule has 2 aliphatic heterocycles. The predicted octanol–water partition coefficient (Wildman–Crippen LogP) is 1.85. The highest BCUT2D eigenvalue weighted by Crippen LogP contribution is 2.26. The predicted molar refractivity (Wildman–Crippen MR) is 59.0 cm³/mol. The molecule has 2 heterocycles. The van der Waals surface area contributed by atoms with Crippen molar-refractivity contribution in [3.63, 3.8) is 0 Å². The molecule has 0 aromatic heterocycles. The van der Waals surface area contributed by atoms with Gasteiger partial charge in [0.25, 0.3) is 0 Å². The zero-order valence-electron chi connectivity index (χ0n) is 10.5. The van der Waals surface area contributed by atoms with E-state index >= 15 is 0 Å². The smallest absolute Gasteiger partial charge is 0.163 e. The summed E-state index contributed by atoms with van der Waals surface area (Å²) in [6, 6.07) is 0. The van der Waals surface area contributed by atoms with Crippen molar-refractivity contribution in [3.8, 4) is 0 Å². The molecule has 92 valence electrons. The highest BCUT2D eigenvalue weighted by Gasteiger charge is 2.30. The third kappa shape index (κ3) is 2.83. The first-order valence-corrected chi connectivity index (χ1v) is 5.64. The van der Waals surface area contributed by atoms with Crippen molar-refractivity contribution in [1.29, 1.82) is 0 Å². The van der Waals surface area contributed by atoms with Gasteiger partial charge in [-0.15, -0.1) is 0 Å². The van der Waals surface area contributed by atoms with Crippen molar-refractivity contribution in [2.75, 3.05) is 26.4 Å². The topological polar surface area (TPSA) is 36.9 Å². The molecule has 4 heteroatoms. The Morgan fingerprint density at radius 1 is 0.625 bits per heavy atom. The summed E-state index contributed by atoms with van der Waals surface area (Å²) in [5, 5.41) is 0. The van der Waals surface area contributed by atoms with Crippen molar-refractivity contribution in [2.45, 2.75) is 39.3 Å². The molecule has 0 aliphatic carbocycles. The fourth-order valence-electron chi connectivity index (χ4n) is 1.62. The first kappa shape index (κ1) is 12.0. The van der Waals surface area contributed by atoms with Gasteiger partial charge in [0, 0.05) is 0 Å². The Bertz CT molecular complexity index is 250. The molecule has 0 aromatic carbocycles. The standard InChI is InChI=1S/C12H20O4/c1-11(2)13-5-9(6-14-11)10-7-15-12(3,4)16-8-10/h5-8H2,1-4H3. The number of ether oxygens (including phenoxy) is 4. The van der Waals surface area contributed by atoms with E-state index in [0.29, 0.717) is 26.4 Å². The molecular formula is C12H20O4. The molecular weight excluding hydrogens is 208 g/mol. The van der Waals surface area contributed by atoms with E-state index in [1.807, 2.05) is 27.7 Å². The van der Waals surface area contributed by atoms with Crippen LogP contribution in [0.25, 0.3) is 0 Å². The molecule has 0 aromatic rings. The number of hydrogen-bond donors (Lipinski definition) is 0. The van der Waals surface area contributed by atoms with E-state index in [0.717, 1.165) is 11.1 Å². The molecule has 16 heavy (non-hydrogen) atoms. The Hall–Kier alpha value is -0.420. The van der Waals surface area contributed by atoms with E-state index in [4.69, 9.17) is 18.9 Å². The van der Waals surface area contributed by atoms with Crippen LogP contribution in [0.1, 0.15) is 27.7 Å². The third-order valence-electron chi connectivity index (χ3n) is 2.88. The lowest BCUT2D eigenvalue weighted by Crippen LogP contribution is -2.39. The summed E-state index contributed by atoms with van der Waals surface area (Å²) in [4.78, 5) is 0. The second-order valence-corrected chi connectivity index (χ2v) is 5.16. The van der Waals surface area contributed by atoms with Crippen LogP contribution >= 0.6 is 0 Å². The van der Waals surface area contributed by atoms with Gasteiger partial charge < -0.3 is 18.9 Å². The van der Waals surface area contributed by atoms with E-state index in [1.165, 1.54) is 0 Å². The van der Waals surface area contributed by atoms with Crippen molar-refractivity contribution in [1.82, 2.24) is 0 Å². The van der Waals surface area contributed by atoms with Crippen LogP contribution in [-0.4, -0.2) is 38.0 Å². The van der Waals surface area contributed by atoms with Crippen LogP contribution in [0.4, 0.5) is 0 Å². The minimum absolute atomic E-state index is 0.473. The van der Waals surface area contributed by atoms with E-state index in [9.17, 15) is 0 Å². The number of rotatable bonds is 0. The molecule has 0 N–H and O–H groups in total.